The van der Waals surface area contributed by atoms with E-state index in [0.717, 1.165) is 11.3 Å². The molecule has 2 N–H and O–H groups in total. The Bertz CT molecular complexity index is 563. The van der Waals surface area contributed by atoms with Gasteiger partial charge in [0.1, 0.15) is 12.3 Å². The van der Waals surface area contributed by atoms with E-state index in [1.807, 2.05) is 24.3 Å². The normalized spacial score (nSPS) is 10.2. The first-order valence-corrected chi connectivity index (χ1v) is 6.24. The lowest BCUT2D eigenvalue weighted by atomic mass is 10.1. The lowest BCUT2D eigenvalue weighted by Crippen LogP contribution is -2.15. The molecule has 0 aliphatic carbocycles. The van der Waals surface area contributed by atoms with E-state index in [9.17, 15) is 4.79 Å². The summed E-state index contributed by atoms with van der Waals surface area (Å²) in [6.45, 7) is 0.404. The van der Waals surface area contributed by atoms with E-state index < -0.39 is 0 Å². The van der Waals surface area contributed by atoms with Gasteiger partial charge in [0.05, 0.1) is 25.6 Å². The van der Waals surface area contributed by atoms with Crippen LogP contribution >= 0.6 is 0 Å². The Labute approximate surface area is 117 Å². The van der Waals surface area contributed by atoms with Crippen LogP contribution in [0.15, 0.2) is 36.7 Å². The molecule has 20 heavy (non-hydrogen) atoms. The van der Waals surface area contributed by atoms with Gasteiger partial charge in [0.25, 0.3) is 0 Å². The van der Waals surface area contributed by atoms with Crippen molar-refractivity contribution < 1.29 is 14.3 Å². The second-order valence-corrected chi connectivity index (χ2v) is 4.29. The molecule has 0 spiro atoms. The van der Waals surface area contributed by atoms with Crippen LogP contribution in [0.5, 0.6) is 5.75 Å². The second-order valence-electron chi connectivity index (χ2n) is 4.29. The number of carbonyl (C=O) groups excluding carboxylic acids is 1. The van der Waals surface area contributed by atoms with E-state index in [1.165, 1.54) is 10.9 Å². The van der Waals surface area contributed by atoms with Crippen LogP contribution in [0, 0.1) is 0 Å². The molecule has 1 aromatic heterocycles. The highest BCUT2D eigenvalue weighted by molar-refractivity contribution is 5.69. The number of nitrogens with zero attached hydrogens (tertiary/aromatic N) is 2. The minimum Gasteiger partial charge on any atom is -0.497 e. The predicted octanol–water partition coefficient (Wildman–Crippen LogP) is 1.26. The van der Waals surface area contributed by atoms with Crippen molar-refractivity contribution in [2.75, 3.05) is 19.5 Å². The third-order valence-corrected chi connectivity index (χ3v) is 2.76. The number of aromatic nitrogens is 2. The van der Waals surface area contributed by atoms with Gasteiger partial charge in [-0.25, -0.2) is 0 Å². The van der Waals surface area contributed by atoms with Crippen molar-refractivity contribution in [1.82, 2.24) is 9.78 Å². The molecule has 106 valence electrons. The van der Waals surface area contributed by atoms with Crippen molar-refractivity contribution in [3.05, 3.63) is 42.2 Å². The summed E-state index contributed by atoms with van der Waals surface area (Å²) in [4.78, 5) is 11.6. The van der Waals surface area contributed by atoms with Gasteiger partial charge >= 0.3 is 5.97 Å². The van der Waals surface area contributed by atoms with E-state index in [4.69, 9.17) is 15.2 Å². The topological polar surface area (TPSA) is 79.4 Å². The smallest absolute Gasteiger partial charge is 0.327 e. The van der Waals surface area contributed by atoms with Gasteiger partial charge in [0.2, 0.25) is 0 Å². The monoisotopic (exact) mass is 275 g/mol. The van der Waals surface area contributed by atoms with Crippen LogP contribution in [-0.4, -0.2) is 29.5 Å². The molecule has 2 aromatic rings. The van der Waals surface area contributed by atoms with Gasteiger partial charge in [-0.1, -0.05) is 12.1 Å². The molecule has 0 aliphatic rings. The lowest BCUT2D eigenvalue weighted by Gasteiger charge is -2.06. The quantitative estimate of drug-likeness (QED) is 0.803. The summed E-state index contributed by atoms with van der Waals surface area (Å²) < 4.78 is 11.7. The van der Waals surface area contributed by atoms with E-state index in [2.05, 4.69) is 5.10 Å². The number of nitrogens with two attached hydrogens (primary N) is 1. The van der Waals surface area contributed by atoms with Crippen LogP contribution in [0.25, 0.3) is 0 Å². The fourth-order valence-corrected chi connectivity index (χ4v) is 1.72. The van der Waals surface area contributed by atoms with E-state index in [0.29, 0.717) is 18.7 Å². The Kier molecular flexibility index (Phi) is 4.60. The molecule has 2 rings (SSSR count). The molecular formula is C14H17N3O3. The molecule has 6 heteroatoms. The summed E-state index contributed by atoms with van der Waals surface area (Å²) in [5, 5.41) is 3.92. The zero-order chi connectivity index (χ0) is 14.4. The molecule has 1 heterocycles. The van der Waals surface area contributed by atoms with E-state index >= 15 is 0 Å². The first-order valence-electron chi connectivity index (χ1n) is 6.24. The number of esters is 1. The Morgan fingerprint density at radius 2 is 2.10 bits per heavy atom. The number of ether oxygens (including phenoxy) is 2. The first-order chi connectivity index (χ1) is 9.67. The van der Waals surface area contributed by atoms with Crippen molar-refractivity contribution in [3.63, 3.8) is 0 Å². The molecule has 0 amide bonds. The molecule has 6 nitrogen and oxygen atoms in total. The van der Waals surface area contributed by atoms with Crippen LogP contribution < -0.4 is 10.5 Å². The highest BCUT2D eigenvalue weighted by atomic mass is 16.5. The number of carbonyl (C=O) groups is 1. The number of benzene rings is 1. The molecule has 0 unspecified atom stereocenters. The molecular weight excluding hydrogens is 258 g/mol. The van der Waals surface area contributed by atoms with Crippen molar-refractivity contribution >= 4 is 11.7 Å². The highest BCUT2D eigenvalue weighted by Crippen LogP contribution is 2.11. The van der Waals surface area contributed by atoms with Crippen LogP contribution in [0.2, 0.25) is 0 Å². The van der Waals surface area contributed by atoms with E-state index in [-0.39, 0.29) is 12.5 Å². The van der Waals surface area contributed by atoms with Gasteiger partial charge in [0, 0.05) is 12.6 Å². The third-order valence-electron chi connectivity index (χ3n) is 2.76. The summed E-state index contributed by atoms with van der Waals surface area (Å²) in [6.07, 6.45) is 3.74. The maximum atomic E-state index is 11.6. The van der Waals surface area contributed by atoms with Gasteiger partial charge in [-0.05, 0) is 17.7 Å². The Hall–Kier alpha value is -2.50. The summed E-state index contributed by atoms with van der Waals surface area (Å²) in [7, 11) is 1.62. The summed E-state index contributed by atoms with van der Waals surface area (Å²) in [5.41, 5.74) is 7.12. The average Bonchev–Trinajstić information content (AvgIpc) is 2.85. The zero-order valence-corrected chi connectivity index (χ0v) is 11.3. The zero-order valence-electron chi connectivity index (χ0n) is 11.3. The fraction of sp³-hybridized carbons (Fsp3) is 0.286. The van der Waals surface area contributed by atoms with Crippen LogP contribution in [0.1, 0.15) is 5.56 Å². The number of methoxy groups -OCH3 is 1. The van der Waals surface area contributed by atoms with Gasteiger partial charge < -0.3 is 15.2 Å². The summed E-state index contributed by atoms with van der Waals surface area (Å²) >= 11 is 0. The number of hydrogen-bond donors (Lipinski definition) is 1. The molecule has 0 saturated carbocycles. The largest absolute Gasteiger partial charge is 0.497 e. The molecule has 0 radical (unpaired) electrons. The first kappa shape index (κ1) is 13.9. The van der Waals surface area contributed by atoms with E-state index in [1.54, 1.807) is 13.3 Å². The minimum atomic E-state index is -0.332. The molecule has 0 bridgehead atoms. The predicted molar refractivity (Wildman–Crippen MR) is 74.3 cm³/mol. The molecule has 0 atom stereocenters. The maximum Gasteiger partial charge on any atom is 0.327 e. The number of rotatable bonds is 6. The number of anilines is 1. The standard InChI is InChI=1S/C14H17N3O3/c1-19-13-4-2-11(3-5-13)6-7-20-14(18)10-17-9-12(15)8-16-17/h2-5,8-9H,6-7,10,15H2,1H3. The van der Waals surface area contributed by atoms with Crippen molar-refractivity contribution in [1.29, 1.82) is 0 Å². The van der Waals surface area contributed by atoms with Gasteiger partial charge in [-0.3, -0.25) is 9.48 Å². The SMILES string of the molecule is COc1ccc(CCOC(=O)Cn2cc(N)cn2)cc1. The summed E-state index contributed by atoms with van der Waals surface area (Å²) in [5.74, 6) is 0.476. The van der Waals surface area contributed by atoms with Crippen LogP contribution in [0.3, 0.4) is 0 Å². The average molecular weight is 275 g/mol. The Morgan fingerprint density at radius 1 is 1.35 bits per heavy atom. The number of nitrogen functional groups attached to an aromatic ring is 1. The second kappa shape index (κ2) is 6.60. The van der Waals surface area contributed by atoms with Crippen molar-refractivity contribution in [2.24, 2.45) is 0 Å². The fourth-order valence-electron chi connectivity index (χ4n) is 1.72. The van der Waals surface area contributed by atoms with Crippen LogP contribution in [-0.2, 0) is 22.5 Å². The van der Waals surface area contributed by atoms with Crippen molar-refractivity contribution in [2.45, 2.75) is 13.0 Å². The van der Waals surface area contributed by atoms with Gasteiger partial charge in [0.15, 0.2) is 0 Å². The maximum absolute atomic E-state index is 11.6. The molecule has 0 saturated heterocycles. The Balaban J connectivity index is 1.73. The number of hydrogen-bond acceptors (Lipinski definition) is 5. The Morgan fingerprint density at radius 3 is 2.70 bits per heavy atom. The molecule has 1 aromatic carbocycles. The summed E-state index contributed by atoms with van der Waals surface area (Å²) in [6, 6.07) is 7.65. The minimum absolute atomic E-state index is 0.0693. The highest BCUT2D eigenvalue weighted by Gasteiger charge is 2.05. The lowest BCUT2D eigenvalue weighted by molar-refractivity contribution is -0.144. The molecule has 0 fully saturated rings. The molecule has 0 aliphatic heterocycles. The van der Waals surface area contributed by atoms with Gasteiger partial charge in [-0.2, -0.15) is 5.10 Å². The van der Waals surface area contributed by atoms with Crippen LogP contribution in [0.4, 0.5) is 5.69 Å². The third kappa shape index (κ3) is 4.01. The van der Waals surface area contributed by atoms with Gasteiger partial charge in [-0.15, -0.1) is 0 Å². The van der Waals surface area contributed by atoms with Crippen molar-refractivity contribution in [3.8, 4) is 5.75 Å².